The molecule has 5 heteroatoms. The third-order valence-corrected chi connectivity index (χ3v) is 4.29. The minimum Gasteiger partial charge on any atom is -0.369 e. The van der Waals surface area contributed by atoms with Crippen molar-refractivity contribution in [3.8, 4) is 0 Å². The predicted molar refractivity (Wildman–Crippen MR) is 93.9 cm³/mol. The van der Waals surface area contributed by atoms with Crippen LogP contribution in [-0.2, 0) is 12.8 Å². The fourth-order valence-electron chi connectivity index (χ4n) is 2.26. The van der Waals surface area contributed by atoms with E-state index in [2.05, 4.69) is 65.7 Å². The maximum atomic E-state index is 4.77. The molecule has 21 heavy (non-hydrogen) atoms. The van der Waals surface area contributed by atoms with Gasteiger partial charge in [0.2, 0.25) is 0 Å². The molecule has 0 amide bonds. The Morgan fingerprint density at radius 2 is 1.81 bits per heavy atom. The van der Waals surface area contributed by atoms with Crippen LogP contribution in [0.2, 0.25) is 0 Å². The smallest absolute Gasteiger partial charge is 0.144 e. The van der Waals surface area contributed by atoms with Gasteiger partial charge in [0.25, 0.3) is 0 Å². The number of rotatable bonds is 9. The lowest BCUT2D eigenvalue weighted by Gasteiger charge is -2.18. The van der Waals surface area contributed by atoms with Crippen molar-refractivity contribution in [3.63, 3.8) is 0 Å². The molecule has 0 unspecified atom stereocenters. The molecule has 0 saturated carbocycles. The van der Waals surface area contributed by atoms with Gasteiger partial charge in [0.05, 0.1) is 10.2 Å². The van der Waals surface area contributed by atoms with E-state index in [0.29, 0.717) is 5.92 Å². The zero-order chi connectivity index (χ0) is 15.8. The number of likely N-dealkylation sites (N-methyl/N-ethyl adjacent to an activating group) is 1. The Morgan fingerprint density at radius 1 is 1.14 bits per heavy atom. The van der Waals surface area contributed by atoms with Gasteiger partial charge in [0.15, 0.2) is 0 Å². The van der Waals surface area contributed by atoms with Gasteiger partial charge in [-0.25, -0.2) is 9.97 Å². The summed E-state index contributed by atoms with van der Waals surface area (Å²) >= 11 is 3.65. The summed E-state index contributed by atoms with van der Waals surface area (Å²) in [5.41, 5.74) is 1.12. The van der Waals surface area contributed by atoms with Crippen molar-refractivity contribution in [3.05, 3.63) is 16.0 Å². The van der Waals surface area contributed by atoms with Crippen LogP contribution in [0.5, 0.6) is 0 Å². The van der Waals surface area contributed by atoms with Crippen LogP contribution in [-0.4, -0.2) is 41.0 Å². The average molecular weight is 357 g/mol. The predicted octanol–water partition coefficient (Wildman–Crippen LogP) is 3.75. The lowest BCUT2D eigenvalue weighted by Crippen LogP contribution is -2.26. The van der Waals surface area contributed by atoms with Gasteiger partial charge in [-0.05, 0) is 48.3 Å². The Morgan fingerprint density at radius 3 is 2.33 bits per heavy atom. The second-order valence-electron chi connectivity index (χ2n) is 5.65. The molecule has 0 saturated heterocycles. The molecule has 1 aromatic heterocycles. The van der Waals surface area contributed by atoms with Crippen LogP contribution in [0.25, 0.3) is 0 Å². The highest BCUT2D eigenvalue weighted by molar-refractivity contribution is 9.10. The zero-order valence-corrected chi connectivity index (χ0v) is 15.6. The summed E-state index contributed by atoms with van der Waals surface area (Å²) in [6.45, 7) is 15.0. The number of halogens is 1. The van der Waals surface area contributed by atoms with E-state index in [0.717, 1.165) is 60.8 Å². The zero-order valence-electron chi connectivity index (χ0n) is 14.0. The second-order valence-corrected chi connectivity index (χ2v) is 6.45. The molecule has 0 atom stereocenters. The maximum Gasteiger partial charge on any atom is 0.144 e. The number of nitrogens with one attached hydrogen (secondary N) is 1. The number of hydrogen-bond acceptors (Lipinski definition) is 4. The molecule has 1 aromatic rings. The van der Waals surface area contributed by atoms with Gasteiger partial charge in [0, 0.05) is 19.5 Å². The quantitative estimate of drug-likeness (QED) is 0.731. The molecule has 1 rings (SSSR count). The van der Waals surface area contributed by atoms with Crippen molar-refractivity contribution in [2.45, 2.75) is 47.5 Å². The minimum atomic E-state index is 0.585. The summed E-state index contributed by atoms with van der Waals surface area (Å²) in [6.07, 6.45) is 1.87. The Bertz CT molecular complexity index is 431. The van der Waals surface area contributed by atoms with Gasteiger partial charge in [-0.1, -0.05) is 27.7 Å². The standard InChI is InChI=1S/C16H29BrN4/c1-6-18-16-15(17)13(11-12(4)5)19-14(20-16)9-10-21(7-2)8-3/h12H,6-11H2,1-5H3,(H,18,19,20). The molecule has 0 spiro atoms. The van der Waals surface area contributed by atoms with Crippen LogP contribution in [0.1, 0.15) is 46.1 Å². The van der Waals surface area contributed by atoms with Gasteiger partial charge in [-0.15, -0.1) is 0 Å². The van der Waals surface area contributed by atoms with Gasteiger partial charge in [-0.2, -0.15) is 0 Å². The molecule has 1 heterocycles. The molecule has 0 fully saturated rings. The average Bonchev–Trinajstić information content (AvgIpc) is 2.44. The Labute approximate surface area is 137 Å². The normalized spacial score (nSPS) is 11.4. The molecule has 0 aliphatic heterocycles. The fraction of sp³-hybridized carbons (Fsp3) is 0.750. The Balaban J connectivity index is 2.94. The summed E-state index contributed by atoms with van der Waals surface area (Å²) in [5, 5.41) is 3.33. The molecule has 1 N–H and O–H groups in total. The highest BCUT2D eigenvalue weighted by Crippen LogP contribution is 2.25. The van der Waals surface area contributed by atoms with Crippen molar-refractivity contribution >= 4 is 21.7 Å². The van der Waals surface area contributed by atoms with Gasteiger partial charge in [-0.3, -0.25) is 0 Å². The summed E-state index contributed by atoms with van der Waals surface area (Å²) < 4.78 is 1.02. The van der Waals surface area contributed by atoms with E-state index >= 15 is 0 Å². The van der Waals surface area contributed by atoms with Crippen LogP contribution < -0.4 is 5.32 Å². The van der Waals surface area contributed by atoms with E-state index in [1.54, 1.807) is 0 Å². The molecule has 120 valence electrons. The lowest BCUT2D eigenvalue weighted by atomic mass is 10.1. The van der Waals surface area contributed by atoms with Crippen LogP contribution in [0, 0.1) is 5.92 Å². The Kier molecular flexibility index (Phi) is 8.19. The SMILES string of the molecule is CCNc1nc(CCN(CC)CC)nc(CC(C)C)c1Br. The molecule has 0 aliphatic rings. The first-order valence-electron chi connectivity index (χ1n) is 8.03. The molecular weight excluding hydrogens is 328 g/mol. The first-order valence-corrected chi connectivity index (χ1v) is 8.82. The third-order valence-electron chi connectivity index (χ3n) is 3.46. The topological polar surface area (TPSA) is 41.1 Å². The van der Waals surface area contributed by atoms with E-state index in [1.165, 1.54) is 0 Å². The molecule has 4 nitrogen and oxygen atoms in total. The van der Waals surface area contributed by atoms with Gasteiger partial charge < -0.3 is 10.2 Å². The van der Waals surface area contributed by atoms with Crippen LogP contribution >= 0.6 is 15.9 Å². The lowest BCUT2D eigenvalue weighted by molar-refractivity contribution is 0.305. The molecular formula is C16H29BrN4. The largest absolute Gasteiger partial charge is 0.369 e. The van der Waals surface area contributed by atoms with E-state index in [4.69, 9.17) is 4.98 Å². The Hall–Kier alpha value is -0.680. The van der Waals surface area contributed by atoms with Gasteiger partial charge >= 0.3 is 0 Å². The fourth-order valence-corrected chi connectivity index (χ4v) is 2.74. The number of anilines is 1. The van der Waals surface area contributed by atoms with Crippen molar-refractivity contribution in [1.29, 1.82) is 0 Å². The van der Waals surface area contributed by atoms with E-state index in [9.17, 15) is 0 Å². The summed E-state index contributed by atoms with van der Waals surface area (Å²) in [7, 11) is 0. The monoisotopic (exact) mass is 356 g/mol. The maximum absolute atomic E-state index is 4.77. The number of aromatic nitrogens is 2. The van der Waals surface area contributed by atoms with Crippen LogP contribution in [0.15, 0.2) is 4.47 Å². The first-order chi connectivity index (χ1) is 10.0. The highest BCUT2D eigenvalue weighted by atomic mass is 79.9. The number of nitrogens with zero attached hydrogens (tertiary/aromatic N) is 3. The van der Waals surface area contributed by atoms with Crippen LogP contribution in [0.4, 0.5) is 5.82 Å². The van der Waals surface area contributed by atoms with Crippen molar-refractivity contribution in [1.82, 2.24) is 14.9 Å². The molecule has 0 bridgehead atoms. The van der Waals surface area contributed by atoms with E-state index in [1.807, 2.05) is 0 Å². The van der Waals surface area contributed by atoms with Gasteiger partial charge in [0.1, 0.15) is 11.6 Å². The van der Waals surface area contributed by atoms with Crippen molar-refractivity contribution in [2.75, 3.05) is 31.5 Å². The summed E-state index contributed by atoms with van der Waals surface area (Å²) in [4.78, 5) is 11.8. The summed E-state index contributed by atoms with van der Waals surface area (Å²) in [6, 6.07) is 0. The summed E-state index contributed by atoms with van der Waals surface area (Å²) in [5.74, 6) is 2.45. The molecule has 0 aliphatic carbocycles. The highest BCUT2D eigenvalue weighted by Gasteiger charge is 2.13. The van der Waals surface area contributed by atoms with E-state index < -0.39 is 0 Å². The van der Waals surface area contributed by atoms with Crippen molar-refractivity contribution < 1.29 is 0 Å². The van der Waals surface area contributed by atoms with Crippen molar-refractivity contribution in [2.24, 2.45) is 5.92 Å². The first kappa shape index (κ1) is 18.4. The minimum absolute atomic E-state index is 0.585. The molecule has 0 radical (unpaired) electrons. The number of hydrogen-bond donors (Lipinski definition) is 1. The molecule has 0 aromatic carbocycles. The third kappa shape index (κ3) is 5.91. The second kappa shape index (κ2) is 9.36. The van der Waals surface area contributed by atoms with E-state index in [-0.39, 0.29) is 0 Å². The van der Waals surface area contributed by atoms with Crippen LogP contribution in [0.3, 0.4) is 0 Å².